The Labute approximate surface area is 134 Å². The normalized spacial score (nSPS) is 10.2. The van der Waals surface area contributed by atoms with Gasteiger partial charge in [0, 0.05) is 12.1 Å². The zero-order valence-electron chi connectivity index (χ0n) is 13.1. The van der Waals surface area contributed by atoms with Crippen LogP contribution in [0.1, 0.15) is 29.3 Å². The molecule has 0 aromatic heterocycles. The molecule has 23 heavy (non-hydrogen) atoms. The van der Waals surface area contributed by atoms with Gasteiger partial charge in [-0.05, 0) is 36.8 Å². The smallest absolute Gasteiger partial charge is 0.340 e. The zero-order valence-corrected chi connectivity index (χ0v) is 13.1. The standard InChI is InChI=1S/C18H18FNO3/c1-3-17(21)20(15-9-6-8-14(19)11-15)12-23-18(22)16-10-5-4-7-13(16)2/h4-11H,3,12H2,1-2H3. The van der Waals surface area contributed by atoms with Gasteiger partial charge in [0.2, 0.25) is 5.91 Å². The van der Waals surface area contributed by atoms with E-state index in [1.165, 1.54) is 23.1 Å². The Balaban J connectivity index is 2.15. The van der Waals surface area contributed by atoms with Crippen LogP contribution in [0.15, 0.2) is 48.5 Å². The van der Waals surface area contributed by atoms with Gasteiger partial charge in [0.05, 0.1) is 5.56 Å². The van der Waals surface area contributed by atoms with Gasteiger partial charge in [0.25, 0.3) is 0 Å². The van der Waals surface area contributed by atoms with E-state index in [4.69, 9.17) is 4.74 Å². The number of amides is 1. The van der Waals surface area contributed by atoms with Crippen LogP contribution in [0.3, 0.4) is 0 Å². The molecule has 0 aliphatic carbocycles. The van der Waals surface area contributed by atoms with Gasteiger partial charge in [0.1, 0.15) is 5.82 Å². The first kappa shape index (κ1) is 16.7. The van der Waals surface area contributed by atoms with E-state index in [0.29, 0.717) is 11.3 Å². The third kappa shape index (κ3) is 4.16. The number of benzene rings is 2. The van der Waals surface area contributed by atoms with Crippen LogP contribution < -0.4 is 4.90 Å². The molecule has 0 bridgehead atoms. The summed E-state index contributed by atoms with van der Waals surface area (Å²) < 4.78 is 18.6. The van der Waals surface area contributed by atoms with Crippen molar-refractivity contribution in [3.63, 3.8) is 0 Å². The highest BCUT2D eigenvalue weighted by molar-refractivity contribution is 5.94. The maximum Gasteiger partial charge on any atom is 0.340 e. The molecule has 1 amide bonds. The molecule has 0 unspecified atom stereocenters. The summed E-state index contributed by atoms with van der Waals surface area (Å²) in [6, 6.07) is 12.6. The van der Waals surface area contributed by atoms with Crippen LogP contribution in [0.2, 0.25) is 0 Å². The fraction of sp³-hybridized carbons (Fsp3) is 0.222. The first-order valence-electron chi connectivity index (χ1n) is 7.31. The molecular formula is C18H18FNO3. The lowest BCUT2D eigenvalue weighted by Gasteiger charge is -2.22. The molecule has 0 fully saturated rings. The molecule has 0 atom stereocenters. The number of ether oxygens (including phenoxy) is 1. The average Bonchev–Trinajstić information content (AvgIpc) is 2.55. The highest BCUT2D eigenvalue weighted by atomic mass is 19.1. The molecule has 5 heteroatoms. The number of hydrogen-bond donors (Lipinski definition) is 0. The van der Waals surface area contributed by atoms with Gasteiger partial charge >= 0.3 is 5.97 Å². The highest BCUT2D eigenvalue weighted by Crippen LogP contribution is 2.17. The Bertz CT molecular complexity index is 715. The fourth-order valence-corrected chi connectivity index (χ4v) is 2.13. The van der Waals surface area contributed by atoms with Gasteiger partial charge in [-0.15, -0.1) is 0 Å². The molecule has 120 valence electrons. The van der Waals surface area contributed by atoms with Crippen molar-refractivity contribution in [2.75, 3.05) is 11.6 Å². The van der Waals surface area contributed by atoms with E-state index in [9.17, 15) is 14.0 Å². The second kappa shape index (κ2) is 7.54. The zero-order chi connectivity index (χ0) is 16.8. The van der Waals surface area contributed by atoms with Crippen LogP contribution in [-0.4, -0.2) is 18.6 Å². The van der Waals surface area contributed by atoms with E-state index in [1.807, 2.05) is 6.07 Å². The van der Waals surface area contributed by atoms with Gasteiger partial charge in [-0.2, -0.15) is 0 Å². The highest BCUT2D eigenvalue weighted by Gasteiger charge is 2.18. The Hall–Kier alpha value is -2.69. The predicted molar refractivity (Wildman–Crippen MR) is 85.6 cm³/mol. The van der Waals surface area contributed by atoms with Crippen molar-refractivity contribution in [3.8, 4) is 0 Å². The van der Waals surface area contributed by atoms with Gasteiger partial charge in [-0.25, -0.2) is 9.18 Å². The third-order valence-corrected chi connectivity index (χ3v) is 3.41. The van der Waals surface area contributed by atoms with E-state index in [2.05, 4.69) is 0 Å². The quantitative estimate of drug-likeness (QED) is 0.624. The second-order valence-electron chi connectivity index (χ2n) is 5.03. The lowest BCUT2D eigenvalue weighted by atomic mass is 10.1. The van der Waals surface area contributed by atoms with Gasteiger partial charge in [-0.1, -0.05) is 31.2 Å². The summed E-state index contributed by atoms with van der Waals surface area (Å²) in [6.07, 6.45) is 0.221. The Morgan fingerprint density at radius 3 is 2.52 bits per heavy atom. The van der Waals surface area contributed by atoms with E-state index in [-0.39, 0.29) is 19.1 Å². The maximum absolute atomic E-state index is 13.4. The molecule has 0 heterocycles. The van der Waals surface area contributed by atoms with Crippen LogP contribution in [-0.2, 0) is 9.53 Å². The van der Waals surface area contributed by atoms with E-state index in [0.717, 1.165) is 5.56 Å². The lowest BCUT2D eigenvalue weighted by Crippen LogP contribution is -2.33. The second-order valence-corrected chi connectivity index (χ2v) is 5.03. The summed E-state index contributed by atoms with van der Waals surface area (Å²) >= 11 is 0. The van der Waals surface area contributed by atoms with Gasteiger partial charge in [-0.3, -0.25) is 9.69 Å². The minimum atomic E-state index is -0.520. The molecule has 2 rings (SSSR count). The van der Waals surface area contributed by atoms with E-state index >= 15 is 0 Å². The fourth-order valence-electron chi connectivity index (χ4n) is 2.13. The first-order chi connectivity index (χ1) is 11.0. The Kier molecular flexibility index (Phi) is 5.46. The minimum Gasteiger partial charge on any atom is -0.440 e. The molecule has 0 saturated heterocycles. The Morgan fingerprint density at radius 1 is 1.13 bits per heavy atom. The third-order valence-electron chi connectivity index (χ3n) is 3.41. The van der Waals surface area contributed by atoms with Crippen LogP contribution in [0, 0.1) is 12.7 Å². The topological polar surface area (TPSA) is 46.6 Å². The molecule has 0 radical (unpaired) electrons. The van der Waals surface area contributed by atoms with Crippen molar-refractivity contribution in [1.29, 1.82) is 0 Å². The number of carbonyl (C=O) groups is 2. The molecular weight excluding hydrogens is 297 g/mol. The number of esters is 1. The Morgan fingerprint density at radius 2 is 1.87 bits per heavy atom. The number of nitrogens with zero attached hydrogens (tertiary/aromatic N) is 1. The minimum absolute atomic E-state index is 0.221. The maximum atomic E-state index is 13.4. The number of rotatable bonds is 5. The molecule has 0 aliphatic rings. The molecule has 2 aromatic carbocycles. The van der Waals surface area contributed by atoms with Crippen LogP contribution in [0.25, 0.3) is 0 Å². The molecule has 2 aromatic rings. The summed E-state index contributed by atoms with van der Waals surface area (Å²) in [4.78, 5) is 25.4. The molecule has 4 nitrogen and oxygen atoms in total. The average molecular weight is 315 g/mol. The van der Waals surface area contributed by atoms with E-state index in [1.54, 1.807) is 38.1 Å². The van der Waals surface area contributed by atoms with Crippen molar-refractivity contribution >= 4 is 17.6 Å². The van der Waals surface area contributed by atoms with Crippen LogP contribution in [0.5, 0.6) is 0 Å². The molecule has 0 spiro atoms. The van der Waals surface area contributed by atoms with Crippen molar-refractivity contribution in [3.05, 3.63) is 65.5 Å². The molecule has 0 saturated carbocycles. The summed E-state index contributed by atoms with van der Waals surface area (Å²) in [6.45, 7) is 3.24. The number of anilines is 1. The monoisotopic (exact) mass is 315 g/mol. The van der Waals surface area contributed by atoms with Gasteiger partial charge in [0.15, 0.2) is 6.73 Å². The number of halogens is 1. The predicted octanol–water partition coefficient (Wildman–Crippen LogP) is 3.69. The number of aryl methyl sites for hydroxylation is 1. The number of hydrogen-bond acceptors (Lipinski definition) is 3. The molecule has 0 N–H and O–H groups in total. The van der Waals surface area contributed by atoms with Crippen LogP contribution >= 0.6 is 0 Å². The summed E-state index contributed by atoms with van der Waals surface area (Å²) in [5.41, 5.74) is 1.58. The summed E-state index contributed by atoms with van der Waals surface area (Å²) in [5.74, 6) is -1.23. The van der Waals surface area contributed by atoms with Crippen molar-refractivity contribution in [2.24, 2.45) is 0 Å². The van der Waals surface area contributed by atoms with E-state index < -0.39 is 11.8 Å². The lowest BCUT2D eigenvalue weighted by molar-refractivity contribution is -0.119. The SMILES string of the molecule is CCC(=O)N(COC(=O)c1ccccc1C)c1cccc(F)c1. The summed E-state index contributed by atoms with van der Waals surface area (Å²) in [7, 11) is 0. The summed E-state index contributed by atoms with van der Waals surface area (Å²) in [5, 5.41) is 0. The van der Waals surface area contributed by atoms with Gasteiger partial charge < -0.3 is 4.74 Å². The number of carbonyl (C=O) groups excluding carboxylic acids is 2. The van der Waals surface area contributed by atoms with Crippen molar-refractivity contribution < 1.29 is 18.7 Å². The molecule has 0 aliphatic heterocycles. The van der Waals surface area contributed by atoms with Crippen LogP contribution in [0.4, 0.5) is 10.1 Å². The van der Waals surface area contributed by atoms with Crippen molar-refractivity contribution in [2.45, 2.75) is 20.3 Å². The first-order valence-corrected chi connectivity index (χ1v) is 7.31. The largest absolute Gasteiger partial charge is 0.440 e. The van der Waals surface area contributed by atoms with Crippen molar-refractivity contribution in [1.82, 2.24) is 0 Å².